The minimum atomic E-state index is 0.591. The first kappa shape index (κ1) is 8.57. The highest BCUT2D eigenvalue weighted by Crippen LogP contribution is 2.28. The van der Waals surface area contributed by atoms with Crippen molar-refractivity contribution in [1.29, 1.82) is 0 Å². The van der Waals surface area contributed by atoms with E-state index in [1.54, 1.807) is 0 Å². The van der Waals surface area contributed by atoms with Crippen molar-refractivity contribution in [3.8, 4) is 0 Å². The maximum atomic E-state index is 3.47. The lowest BCUT2D eigenvalue weighted by Crippen LogP contribution is -2.09. The molecule has 0 amide bonds. The van der Waals surface area contributed by atoms with E-state index in [-0.39, 0.29) is 0 Å². The van der Waals surface area contributed by atoms with Crippen LogP contribution >= 0.6 is 0 Å². The van der Waals surface area contributed by atoms with Gasteiger partial charge in [-0.15, -0.1) is 0 Å². The fraction of sp³-hybridized carbons (Fsp3) is 0.455. The Kier molecular flexibility index (Phi) is 2.23. The lowest BCUT2D eigenvalue weighted by molar-refractivity contribution is 0.789. The second kappa shape index (κ2) is 3.38. The zero-order chi connectivity index (χ0) is 9.26. The molecular formula is C11H16N2. The average Bonchev–Trinajstić information content (AvgIpc) is 2.47. The summed E-state index contributed by atoms with van der Waals surface area (Å²) in [6.07, 6.45) is 1.16. The summed E-state index contributed by atoms with van der Waals surface area (Å²) >= 11 is 0. The van der Waals surface area contributed by atoms with Gasteiger partial charge in [-0.05, 0) is 37.6 Å². The van der Waals surface area contributed by atoms with Crippen LogP contribution in [0.25, 0.3) is 0 Å². The molecule has 1 aromatic carbocycles. The Morgan fingerprint density at radius 1 is 1.54 bits per heavy atom. The molecule has 13 heavy (non-hydrogen) atoms. The molecule has 0 spiro atoms. The van der Waals surface area contributed by atoms with E-state index in [0.29, 0.717) is 6.04 Å². The van der Waals surface area contributed by atoms with E-state index >= 15 is 0 Å². The summed E-state index contributed by atoms with van der Waals surface area (Å²) in [5.41, 5.74) is 4.24. The van der Waals surface area contributed by atoms with Gasteiger partial charge in [0.2, 0.25) is 0 Å². The fourth-order valence-electron chi connectivity index (χ4n) is 1.99. The molecule has 2 rings (SSSR count). The number of benzene rings is 1. The summed E-state index contributed by atoms with van der Waals surface area (Å²) in [6.45, 7) is 3.20. The fourth-order valence-corrected chi connectivity index (χ4v) is 1.99. The van der Waals surface area contributed by atoms with Crippen LogP contribution in [0, 0.1) is 0 Å². The molecule has 2 N–H and O–H groups in total. The number of nitrogens with one attached hydrogen (secondary N) is 2. The molecule has 70 valence electrons. The van der Waals surface area contributed by atoms with E-state index in [2.05, 4.69) is 35.8 Å². The smallest absolute Gasteiger partial charge is 0.0378 e. The summed E-state index contributed by atoms with van der Waals surface area (Å²) in [7, 11) is 1.99. The van der Waals surface area contributed by atoms with E-state index in [1.807, 2.05) is 7.05 Å². The van der Waals surface area contributed by atoms with Gasteiger partial charge in [-0.25, -0.2) is 0 Å². The minimum absolute atomic E-state index is 0.591. The number of fused-ring (bicyclic) bond motifs is 1. The first-order valence-electron chi connectivity index (χ1n) is 4.83. The van der Waals surface area contributed by atoms with E-state index < -0.39 is 0 Å². The normalized spacial score (nSPS) is 19.7. The number of rotatable bonds is 2. The van der Waals surface area contributed by atoms with Crippen LogP contribution in [0.1, 0.15) is 18.1 Å². The minimum Gasteiger partial charge on any atom is -0.382 e. The molecule has 1 aliphatic rings. The van der Waals surface area contributed by atoms with Crippen LogP contribution in [-0.4, -0.2) is 13.1 Å². The molecule has 1 unspecified atom stereocenters. The zero-order valence-electron chi connectivity index (χ0n) is 8.22. The van der Waals surface area contributed by atoms with Crippen molar-refractivity contribution in [2.24, 2.45) is 0 Å². The Morgan fingerprint density at radius 3 is 3.15 bits per heavy atom. The maximum Gasteiger partial charge on any atom is 0.0378 e. The van der Waals surface area contributed by atoms with Crippen molar-refractivity contribution >= 4 is 5.69 Å². The Balaban J connectivity index is 2.34. The highest BCUT2D eigenvalue weighted by Gasteiger charge is 2.18. The molecule has 0 radical (unpaired) electrons. The molecule has 1 atom stereocenters. The van der Waals surface area contributed by atoms with E-state index in [0.717, 1.165) is 13.0 Å². The van der Waals surface area contributed by atoms with Gasteiger partial charge in [-0.2, -0.15) is 0 Å². The highest BCUT2D eigenvalue weighted by atomic mass is 14.9. The topological polar surface area (TPSA) is 24.1 Å². The molecule has 1 aliphatic heterocycles. The van der Waals surface area contributed by atoms with Gasteiger partial charge in [0.25, 0.3) is 0 Å². The molecule has 2 nitrogen and oxygen atoms in total. The van der Waals surface area contributed by atoms with Gasteiger partial charge >= 0.3 is 0 Å². The Hall–Kier alpha value is -1.02. The largest absolute Gasteiger partial charge is 0.382 e. The third-order valence-corrected chi connectivity index (χ3v) is 2.55. The van der Waals surface area contributed by atoms with Gasteiger partial charge in [-0.1, -0.05) is 12.1 Å². The van der Waals surface area contributed by atoms with Gasteiger partial charge in [-0.3, -0.25) is 0 Å². The Morgan fingerprint density at radius 2 is 2.38 bits per heavy atom. The second-order valence-electron chi connectivity index (χ2n) is 3.72. The van der Waals surface area contributed by atoms with Crippen molar-refractivity contribution in [1.82, 2.24) is 5.32 Å². The zero-order valence-corrected chi connectivity index (χ0v) is 8.22. The molecule has 0 bridgehead atoms. The number of hydrogen-bond acceptors (Lipinski definition) is 2. The first-order valence-corrected chi connectivity index (χ1v) is 4.83. The number of anilines is 1. The molecule has 2 heteroatoms. The van der Waals surface area contributed by atoms with Crippen LogP contribution in [0.3, 0.4) is 0 Å². The van der Waals surface area contributed by atoms with E-state index in [1.165, 1.54) is 16.8 Å². The van der Waals surface area contributed by atoms with Crippen molar-refractivity contribution in [2.75, 3.05) is 12.4 Å². The van der Waals surface area contributed by atoms with Gasteiger partial charge in [0.15, 0.2) is 0 Å². The summed E-state index contributed by atoms with van der Waals surface area (Å²) < 4.78 is 0. The summed E-state index contributed by atoms with van der Waals surface area (Å²) in [6, 6.07) is 7.08. The van der Waals surface area contributed by atoms with Crippen LogP contribution in [0.4, 0.5) is 5.69 Å². The molecule has 0 fully saturated rings. The predicted octanol–water partition coefficient (Wildman–Crippen LogP) is 1.76. The van der Waals surface area contributed by atoms with Crippen LogP contribution < -0.4 is 10.6 Å². The first-order chi connectivity index (χ1) is 6.31. The van der Waals surface area contributed by atoms with Gasteiger partial charge in [0.05, 0.1) is 0 Å². The van der Waals surface area contributed by atoms with Crippen molar-refractivity contribution in [2.45, 2.75) is 25.9 Å². The SMILES string of the molecule is CNCc1cccc2c1CC(C)N2. The summed E-state index contributed by atoms with van der Waals surface area (Å²) in [5.74, 6) is 0. The Labute approximate surface area is 79.4 Å². The lowest BCUT2D eigenvalue weighted by Gasteiger charge is -2.06. The lowest BCUT2D eigenvalue weighted by atomic mass is 10.0. The van der Waals surface area contributed by atoms with Gasteiger partial charge < -0.3 is 10.6 Å². The van der Waals surface area contributed by atoms with Crippen molar-refractivity contribution in [3.63, 3.8) is 0 Å². The van der Waals surface area contributed by atoms with Crippen LogP contribution in [0.5, 0.6) is 0 Å². The molecule has 0 saturated carbocycles. The third kappa shape index (κ3) is 1.54. The van der Waals surface area contributed by atoms with Crippen LogP contribution in [-0.2, 0) is 13.0 Å². The molecule has 0 aromatic heterocycles. The summed E-state index contributed by atoms with van der Waals surface area (Å²) in [5, 5.41) is 6.67. The molecule has 1 aromatic rings. The molecule has 1 heterocycles. The summed E-state index contributed by atoms with van der Waals surface area (Å²) in [4.78, 5) is 0. The average molecular weight is 176 g/mol. The standard InChI is InChI=1S/C11H16N2/c1-8-6-10-9(7-12-2)4-3-5-11(10)13-8/h3-5,8,12-13H,6-7H2,1-2H3. The molecule has 0 aliphatic carbocycles. The van der Waals surface area contributed by atoms with Gasteiger partial charge in [0.1, 0.15) is 0 Å². The molecule has 0 saturated heterocycles. The predicted molar refractivity (Wildman–Crippen MR) is 56.0 cm³/mol. The number of hydrogen-bond donors (Lipinski definition) is 2. The van der Waals surface area contributed by atoms with Crippen molar-refractivity contribution in [3.05, 3.63) is 29.3 Å². The van der Waals surface area contributed by atoms with Crippen LogP contribution in [0.2, 0.25) is 0 Å². The van der Waals surface area contributed by atoms with Crippen molar-refractivity contribution < 1.29 is 0 Å². The monoisotopic (exact) mass is 176 g/mol. The third-order valence-electron chi connectivity index (χ3n) is 2.55. The Bertz CT molecular complexity index is 307. The quantitative estimate of drug-likeness (QED) is 0.717. The second-order valence-corrected chi connectivity index (χ2v) is 3.72. The molecular weight excluding hydrogens is 160 g/mol. The maximum absolute atomic E-state index is 3.47. The van der Waals surface area contributed by atoms with Gasteiger partial charge in [0, 0.05) is 18.3 Å². The van der Waals surface area contributed by atoms with E-state index in [9.17, 15) is 0 Å². The van der Waals surface area contributed by atoms with E-state index in [4.69, 9.17) is 0 Å². The van der Waals surface area contributed by atoms with Crippen LogP contribution in [0.15, 0.2) is 18.2 Å². The highest BCUT2D eigenvalue weighted by molar-refractivity contribution is 5.59.